The monoisotopic (exact) mass is 224 g/mol. The highest BCUT2D eigenvalue weighted by atomic mass is 15.1. The van der Waals surface area contributed by atoms with E-state index >= 15 is 0 Å². The molecular weight excluding hydrogens is 208 g/mol. The van der Waals surface area contributed by atoms with E-state index in [-0.39, 0.29) is 0 Å². The molecule has 0 atom stereocenters. The van der Waals surface area contributed by atoms with E-state index in [2.05, 4.69) is 23.6 Å². The maximum atomic E-state index is 8.17. The van der Waals surface area contributed by atoms with Gasteiger partial charge in [-0.15, -0.1) is 0 Å². The number of hydrogen-bond donors (Lipinski definition) is 0. The standard InChI is InChI=1S/C15H15N2/c1-12-7-3-4-8-14(12)17-13(2)11-16-10-6-5-9-15(16)17/h3-11H,1-2H3/q+1/i11D. The van der Waals surface area contributed by atoms with E-state index in [1.54, 1.807) is 0 Å². The highest BCUT2D eigenvalue weighted by Crippen LogP contribution is 2.17. The summed E-state index contributed by atoms with van der Waals surface area (Å²) in [6, 6.07) is 14.2. The summed E-state index contributed by atoms with van der Waals surface area (Å²) < 4.78 is 12.2. The number of nitrogens with zero attached hydrogens (tertiary/aromatic N) is 2. The van der Waals surface area contributed by atoms with Crippen LogP contribution in [0.15, 0.2) is 54.8 Å². The molecule has 1 aromatic carbocycles. The van der Waals surface area contributed by atoms with E-state index in [4.69, 9.17) is 1.37 Å². The maximum Gasteiger partial charge on any atom is 0.291 e. The SMILES string of the molecule is [2H]c1c(C)n(-c2ccccc2C)c2cccc[n+]12. The molecule has 0 amide bonds. The van der Waals surface area contributed by atoms with E-state index in [9.17, 15) is 0 Å². The molecule has 2 heteroatoms. The van der Waals surface area contributed by atoms with Crippen molar-refractivity contribution < 1.29 is 5.77 Å². The second-order valence-corrected chi connectivity index (χ2v) is 4.25. The zero-order valence-corrected chi connectivity index (χ0v) is 10.0. The number of aryl methyl sites for hydroxylation is 1. The smallest absolute Gasteiger partial charge is 0.202 e. The quantitative estimate of drug-likeness (QED) is 0.562. The lowest BCUT2D eigenvalue weighted by Gasteiger charge is -2.02. The van der Waals surface area contributed by atoms with Crippen molar-refractivity contribution in [2.45, 2.75) is 13.8 Å². The zero-order chi connectivity index (χ0) is 12.7. The highest BCUT2D eigenvalue weighted by molar-refractivity contribution is 5.49. The van der Waals surface area contributed by atoms with Crippen LogP contribution in [0.4, 0.5) is 0 Å². The Morgan fingerprint density at radius 2 is 1.82 bits per heavy atom. The minimum atomic E-state index is 0.536. The van der Waals surface area contributed by atoms with Gasteiger partial charge in [0.1, 0.15) is 18.9 Å². The van der Waals surface area contributed by atoms with Crippen molar-refractivity contribution in [2.24, 2.45) is 0 Å². The predicted octanol–water partition coefficient (Wildman–Crippen LogP) is 2.83. The Morgan fingerprint density at radius 1 is 1.06 bits per heavy atom. The Balaban J connectivity index is 2.43. The second kappa shape index (κ2) is 3.74. The van der Waals surface area contributed by atoms with Crippen molar-refractivity contribution in [1.29, 1.82) is 0 Å². The van der Waals surface area contributed by atoms with Gasteiger partial charge in [-0.05, 0) is 24.6 Å². The summed E-state index contributed by atoms with van der Waals surface area (Å²) in [5.41, 5.74) is 4.32. The van der Waals surface area contributed by atoms with Crippen molar-refractivity contribution in [3.05, 3.63) is 66.1 Å². The van der Waals surface area contributed by atoms with Crippen molar-refractivity contribution in [3.63, 3.8) is 0 Å². The summed E-state index contributed by atoms with van der Waals surface area (Å²) >= 11 is 0. The van der Waals surface area contributed by atoms with Crippen LogP contribution < -0.4 is 4.40 Å². The van der Waals surface area contributed by atoms with Gasteiger partial charge in [-0.25, -0.2) is 4.40 Å². The Labute approximate surface area is 102 Å². The summed E-state index contributed by atoms with van der Waals surface area (Å²) in [7, 11) is 0. The van der Waals surface area contributed by atoms with Crippen molar-refractivity contribution >= 4 is 5.65 Å². The zero-order valence-electron chi connectivity index (χ0n) is 11.0. The van der Waals surface area contributed by atoms with Crippen LogP contribution in [0.5, 0.6) is 0 Å². The lowest BCUT2D eigenvalue weighted by atomic mass is 10.2. The normalized spacial score (nSPS) is 11.8. The van der Waals surface area contributed by atoms with E-state index in [1.807, 2.05) is 47.9 Å². The maximum absolute atomic E-state index is 8.17. The van der Waals surface area contributed by atoms with Crippen LogP contribution in [0.1, 0.15) is 12.6 Å². The molecule has 0 unspecified atom stereocenters. The van der Waals surface area contributed by atoms with Gasteiger partial charge in [0.05, 0.1) is 6.20 Å². The fourth-order valence-corrected chi connectivity index (χ4v) is 2.23. The fourth-order valence-electron chi connectivity index (χ4n) is 2.23. The first-order valence-corrected chi connectivity index (χ1v) is 5.74. The third-order valence-corrected chi connectivity index (χ3v) is 3.04. The van der Waals surface area contributed by atoms with Gasteiger partial charge < -0.3 is 0 Å². The van der Waals surface area contributed by atoms with Gasteiger partial charge in [-0.2, -0.15) is 4.57 Å². The summed E-state index contributed by atoms with van der Waals surface area (Å²) in [6.45, 7) is 4.08. The first-order valence-electron chi connectivity index (χ1n) is 6.24. The van der Waals surface area contributed by atoms with Gasteiger partial charge in [0.15, 0.2) is 0 Å². The fraction of sp³-hybridized carbons (Fsp3) is 0.133. The number of imidazole rings is 1. The number of rotatable bonds is 1. The molecule has 0 saturated carbocycles. The van der Waals surface area contributed by atoms with Crippen LogP contribution >= 0.6 is 0 Å². The topological polar surface area (TPSA) is 9.03 Å². The van der Waals surface area contributed by atoms with Crippen molar-refractivity contribution in [2.75, 3.05) is 0 Å². The number of benzene rings is 1. The Bertz CT molecular complexity index is 728. The minimum absolute atomic E-state index is 0.536. The lowest BCUT2D eigenvalue weighted by molar-refractivity contribution is -0.510. The van der Waals surface area contributed by atoms with Crippen LogP contribution in [0.25, 0.3) is 11.3 Å². The summed E-state index contributed by atoms with van der Waals surface area (Å²) in [5.74, 6) is 0. The number of fused-ring (bicyclic) bond motifs is 1. The van der Waals surface area contributed by atoms with Gasteiger partial charge in [-0.1, -0.05) is 24.3 Å². The summed E-state index contributed by atoms with van der Waals surface area (Å²) in [5, 5.41) is 0. The average molecular weight is 224 g/mol. The molecule has 0 aliphatic heterocycles. The lowest BCUT2D eigenvalue weighted by Crippen LogP contribution is -2.17. The van der Waals surface area contributed by atoms with Crippen LogP contribution in [0.2, 0.25) is 0 Å². The van der Waals surface area contributed by atoms with E-state index in [0.717, 1.165) is 17.0 Å². The second-order valence-electron chi connectivity index (χ2n) is 4.25. The molecule has 0 aliphatic carbocycles. The molecule has 3 rings (SSSR count). The summed E-state index contributed by atoms with van der Waals surface area (Å²) in [4.78, 5) is 0. The predicted molar refractivity (Wildman–Crippen MR) is 68.4 cm³/mol. The van der Waals surface area contributed by atoms with E-state index in [1.165, 1.54) is 5.56 Å². The van der Waals surface area contributed by atoms with Gasteiger partial charge in [0, 0.05) is 13.0 Å². The molecular formula is C15H15N2+. The van der Waals surface area contributed by atoms with Crippen LogP contribution in [0, 0.1) is 13.8 Å². The molecule has 0 aliphatic rings. The summed E-state index contributed by atoms with van der Waals surface area (Å²) in [6.07, 6.45) is 2.47. The molecule has 17 heavy (non-hydrogen) atoms. The molecule has 3 aromatic rings. The molecule has 84 valence electrons. The van der Waals surface area contributed by atoms with Crippen LogP contribution in [-0.2, 0) is 0 Å². The van der Waals surface area contributed by atoms with Crippen LogP contribution in [-0.4, -0.2) is 4.57 Å². The Hall–Kier alpha value is -2.09. The highest BCUT2D eigenvalue weighted by Gasteiger charge is 2.16. The molecule has 2 aromatic heterocycles. The van der Waals surface area contributed by atoms with E-state index in [0.29, 0.717) is 6.17 Å². The number of aromatic nitrogens is 2. The minimum Gasteiger partial charge on any atom is -0.202 e. The molecule has 0 saturated heterocycles. The number of pyridine rings is 1. The van der Waals surface area contributed by atoms with E-state index < -0.39 is 0 Å². The van der Waals surface area contributed by atoms with Crippen molar-refractivity contribution in [3.8, 4) is 5.69 Å². The largest absolute Gasteiger partial charge is 0.291 e. The molecule has 0 spiro atoms. The molecule has 0 N–H and O–H groups in total. The molecule has 0 fully saturated rings. The van der Waals surface area contributed by atoms with Crippen molar-refractivity contribution in [1.82, 2.24) is 4.57 Å². The number of para-hydroxylation sites is 1. The van der Waals surface area contributed by atoms with Gasteiger partial charge >= 0.3 is 0 Å². The third-order valence-electron chi connectivity index (χ3n) is 3.04. The first-order chi connectivity index (χ1) is 8.70. The Morgan fingerprint density at radius 3 is 2.65 bits per heavy atom. The molecule has 2 nitrogen and oxygen atoms in total. The first kappa shape index (κ1) is 8.99. The average Bonchev–Trinajstić information content (AvgIpc) is 2.64. The van der Waals surface area contributed by atoms with Gasteiger partial charge in [-0.3, -0.25) is 0 Å². The Kier molecular flexibility index (Phi) is 1.98. The molecule has 0 bridgehead atoms. The van der Waals surface area contributed by atoms with Gasteiger partial charge in [0.2, 0.25) is 0 Å². The third kappa shape index (κ3) is 1.53. The van der Waals surface area contributed by atoms with Gasteiger partial charge in [0.25, 0.3) is 5.65 Å². The molecule has 2 heterocycles. The number of hydrogen-bond acceptors (Lipinski definition) is 0. The molecule has 0 radical (unpaired) electrons. The van der Waals surface area contributed by atoms with Crippen LogP contribution in [0.3, 0.4) is 0 Å².